The number of thioether (sulfide) groups is 1. The lowest BCUT2D eigenvalue weighted by molar-refractivity contribution is -0.120. The summed E-state index contributed by atoms with van der Waals surface area (Å²) in [6.45, 7) is 2.50. The van der Waals surface area contributed by atoms with Crippen LogP contribution >= 0.6 is 11.8 Å². The highest BCUT2D eigenvalue weighted by atomic mass is 32.2. The van der Waals surface area contributed by atoms with E-state index in [0.29, 0.717) is 18.1 Å². The van der Waals surface area contributed by atoms with Crippen molar-refractivity contribution in [3.05, 3.63) is 35.9 Å². The molecule has 0 bridgehead atoms. The van der Waals surface area contributed by atoms with Crippen LogP contribution in [0.4, 0.5) is 0 Å². The normalized spacial score (nSPS) is 17.9. The van der Waals surface area contributed by atoms with Gasteiger partial charge in [0.1, 0.15) is 0 Å². The first kappa shape index (κ1) is 15.6. The first-order chi connectivity index (χ1) is 10.1. The molecule has 1 atom stereocenters. The molecule has 1 aromatic rings. The van der Waals surface area contributed by atoms with Crippen LogP contribution in [0, 0.1) is 0 Å². The number of carbonyl (C=O) groups is 2. The van der Waals surface area contributed by atoms with E-state index in [4.69, 9.17) is 0 Å². The summed E-state index contributed by atoms with van der Waals surface area (Å²) < 4.78 is 0. The number of hydrogen-bond acceptors (Lipinski definition) is 4. The fraction of sp³-hybridized carbons (Fsp3) is 0.400. The van der Waals surface area contributed by atoms with E-state index in [-0.39, 0.29) is 23.6 Å². The van der Waals surface area contributed by atoms with Gasteiger partial charge in [-0.15, -0.1) is 0 Å². The first-order valence-corrected chi connectivity index (χ1v) is 7.93. The molecule has 0 aliphatic carbocycles. The molecule has 112 valence electrons. The Morgan fingerprint density at radius 1 is 1.43 bits per heavy atom. The molecular weight excluding hydrogens is 286 g/mol. The third-order valence-corrected chi connectivity index (χ3v) is 3.87. The summed E-state index contributed by atoms with van der Waals surface area (Å²) >= 11 is 1.27. The smallest absolute Gasteiger partial charge is 0.230 e. The van der Waals surface area contributed by atoms with Crippen molar-refractivity contribution in [2.75, 3.05) is 12.3 Å². The molecule has 0 radical (unpaired) electrons. The minimum absolute atomic E-state index is 0.0117. The maximum absolute atomic E-state index is 11.7. The third-order valence-electron chi connectivity index (χ3n) is 2.98. The second-order valence-corrected chi connectivity index (χ2v) is 5.87. The average Bonchev–Trinajstić information content (AvgIpc) is 2.45. The minimum atomic E-state index is -0.0499. The van der Waals surface area contributed by atoms with Crippen molar-refractivity contribution in [1.82, 2.24) is 10.6 Å². The number of hydrogen-bond donors (Lipinski definition) is 2. The minimum Gasteiger partial charge on any atom is -0.355 e. The second-order valence-electron chi connectivity index (χ2n) is 4.91. The number of nitrogens with zero attached hydrogens (tertiary/aromatic N) is 1. The van der Waals surface area contributed by atoms with E-state index < -0.39 is 0 Å². The third kappa shape index (κ3) is 5.59. The van der Waals surface area contributed by atoms with E-state index in [9.17, 15) is 9.59 Å². The predicted octanol–water partition coefficient (Wildman–Crippen LogP) is 1.34. The van der Waals surface area contributed by atoms with Crippen LogP contribution in [0.2, 0.25) is 0 Å². The van der Waals surface area contributed by atoms with E-state index in [2.05, 4.69) is 15.6 Å². The van der Waals surface area contributed by atoms with Gasteiger partial charge in [-0.25, -0.2) is 0 Å². The molecule has 2 amide bonds. The van der Waals surface area contributed by atoms with Gasteiger partial charge in [0.05, 0.1) is 11.8 Å². The van der Waals surface area contributed by atoms with Crippen molar-refractivity contribution >= 4 is 28.7 Å². The van der Waals surface area contributed by atoms with Gasteiger partial charge < -0.3 is 10.6 Å². The van der Waals surface area contributed by atoms with Gasteiger partial charge in [-0.2, -0.15) is 0 Å². The molecule has 1 unspecified atom stereocenters. The number of nitrogens with one attached hydrogen (secondary N) is 2. The summed E-state index contributed by atoms with van der Waals surface area (Å²) in [6.07, 6.45) is 1.22. The Morgan fingerprint density at radius 3 is 2.90 bits per heavy atom. The van der Waals surface area contributed by atoms with E-state index in [0.717, 1.165) is 6.42 Å². The standard InChI is InChI=1S/C15H19N3O2S/c1-11-9-13(19)18-15(17-11)21-10-14(20)16-8-7-12-5-3-2-4-6-12/h2-6,11H,7-10H2,1H3,(H,16,20)(H,17,18,19). The summed E-state index contributed by atoms with van der Waals surface area (Å²) in [5, 5.41) is 6.08. The molecule has 5 nitrogen and oxygen atoms in total. The van der Waals surface area contributed by atoms with Crippen LogP contribution in [0.25, 0.3) is 0 Å². The lowest BCUT2D eigenvalue weighted by Crippen LogP contribution is -2.37. The maximum atomic E-state index is 11.7. The van der Waals surface area contributed by atoms with Crippen LogP contribution in [0.3, 0.4) is 0 Å². The Labute approximate surface area is 128 Å². The molecule has 2 N–H and O–H groups in total. The molecule has 1 aliphatic heterocycles. The van der Waals surface area contributed by atoms with Crippen LogP contribution in [-0.4, -0.2) is 35.3 Å². The number of aliphatic imine (C=N–C) groups is 1. The molecule has 1 aliphatic rings. The zero-order valence-corrected chi connectivity index (χ0v) is 12.8. The van der Waals surface area contributed by atoms with Crippen LogP contribution in [0.1, 0.15) is 18.9 Å². The second kappa shape index (κ2) is 7.83. The Morgan fingerprint density at radius 2 is 2.19 bits per heavy atom. The highest BCUT2D eigenvalue weighted by molar-refractivity contribution is 8.14. The lowest BCUT2D eigenvalue weighted by Gasteiger charge is -2.17. The zero-order valence-electron chi connectivity index (χ0n) is 12.0. The van der Waals surface area contributed by atoms with Crippen molar-refractivity contribution in [3.8, 4) is 0 Å². The summed E-state index contributed by atoms with van der Waals surface area (Å²) in [5.74, 6) is 0.177. The van der Waals surface area contributed by atoms with Gasteiger partial charge >= 0.3 is 0 Å². The Hall–Kier alpha value is -1.82. The zero-order chi connectivity index (χ0) is 15.1. The number of amidine groups is 1. The van der Waals surface area contributed by atoms with Gasteiger partial charge in [0.2, 0.25) is 11.8 Å². The highest BCUT2D eigenvalue weighted by Gasteiger charge is 2.18. The van der Waals surface area contributed by atoms with Gasteiger partial charge in [0.25, 0.3) is 0 Å². The fourth-order valence-corrected chi connectivity index (χ4v) is 2.78. The van der Waals surface area contributed by atoms with Crippen molar-refractivity contribution in [3.63, 3.8) is 0 Å². The largest absolute Gasteiger partial charge is 0.355 e. The fourth-order valence-electron chi connectivity index (χ4n) is 1.97. The van der Waals surface area contributed by atoms with Crippen LogP contribution in [-0.2, 0) is 16.0 Å². The molecule has 1 aromatic carbocycles. The average molecular weight is 305 g/mol. The molecule has 0 saturated carbocycles. The van der Waals surface area contributed by atoms with Gasteiger partial charge in [-0.05, 0) is 18.9 Å². The molecule has 21 heavy (non-hydrogen) atoms. The number of carbonyl (C=O) groups excluding carboxylic acids is 2. The summed E-state index contributed by atoms with van der Waals surface area (Å²) in [6, 6.07) is 10.0. The number of benzene rings is 1. The molecule has 0 spiro atoms. The maximum Gasteiger partial charge on any atom is 0.230 e. The van der Waals surface area contributed by atoms with E-state index in [1.54, 1.807) is 0 Å². The predicted molar refractivity (Wildman–Crippen MR) is 85.3 cm³/mol. The molecule has 2 rings (SSSR count). The summed E-state index contributed by atoms with van der Waals surface area (Å²) in [5.41, 5.74) is 1.20. The molecule has 0 fully saturated rings. The van der Waals surface area contributed by atoms with Crippen molar-refractivity contribution in [2.45, 2.75) is 25.8 Å². The summed E-state index contributed by atoms with van der Waals surface area (Å²) in [4.78, 5) is 27.4. The van der Waals surface area contributed by atoms with Crippen LogP contribution < -0.4 is 10.6 Å². The topological polar surface area (TPSA) is 70.6 Å². The molecule has 0 saturated heterocycles. The quantitative estimate of drug-likeness (QED) is 0.862. The van der Waals surface area contributed by atoms with Crippen molar-refractivity contribution in [2.24, 2.45) is 4.99 Å². The van der Waals surface area contributed by atoms with Gasteiger partial charge in [0, 0.05) is 13.0 Å². The van der Waals surface area contributed by atoms with Crippen LogP contribution in [0.15, 0.2) is 35.3 Å². The Balaban J connectivity index is 1.67. The van der Waals surface area contributed by atoms with E-state index in [1.807, 2.05) is 37.3 Å². The van der Waals surface area contributed by atoms with Gasteiger partial charge in [-0.3, -0.25) is 14.6 Å². The molecule has 0 aromatic heterocycles. The highest BCUT2D eigenvalue weighted by Crippen LogP contribution is 2.10. The van der Waals surface area contributed by atoms with E-state index in [1.165, 1.54) is 17.3 Å². The molecule has 1 heterocycles. The number of rotatable bonds is 5. The van der Waals surface area contributed by atoms with Crippen molar-refractivity contribution < 1.29 is 9.59 Å². The van der Waals surface area contributed by atoms with Crippen LogP contribution in [0.5, 0.6) is 0 Å². The lowest BCUT2D eigenvalue weighted by atomic mass is 10.1. The molecule has 6 heteroatoms. The monoisotopic (exact) mass is 305 g/mol. The molecular formula is C15H19N3O2S. The van der Waals surface area contributed by atoms with Gasteiger partial charge in [-0.1, -0.05) is 42.1 Å². The summed E-state index contributed by atoms with van der Waals surface area (Å²) in [7, 11) is 0. The first-order valence-electron chi connectivity index (χ1n) is 6.94. The number of amides is 2. The Bertz CT molecular complexity index is 531. The van der Waals surface area contributed by atoms with Crippen molar-refractivity contribution in [1.29, 1.82) is 0 Å². The van der Waals surface area contributed by atoms with E-state index >= 15 is 0 Å². The SMILES string of the molecule is CC1CC(=O)NC(SCC(=O)NCCc2ccccc2)=N1. The Kier molecular flexibility index (Phi) is 5.80. The van der Waals surface area contributed by atoms with Gasteiger partial charge in [0.15, 0.2) is 5.17 Å².